The number of amides is 1. The molecular formula is C19H17F4N3O4S2. The maximum absolute atomic E-state index is 13.1. The number of aliphatic hydroxyl groups is 1. The molecule has 0 spiro atoms. The third-order valence-corrected chi connectivity index (χ3v) is 5.18. The van der Waals surface area contributed by atoms with Crippen molar-refractivity contribution in [3.8, 4) is 0 Å². The summed E-state index contributed by atoms with van der Waals surface area (Å²) in [6.07, 6.45) is -4.99. The number of thiocarbonyl (C=S) groups is 1. The van der Waals surface area contributed by atoms with Crippen molar-refractivity contribution in [2.24, 2.45) is 4.99 Å². The molecular weight excluding hydrogens is 474 g/mol. The summed E-state index contributed by atoms with van der Waals surface area (Å²) in [6.45, 7) is 1.20. The molecule has 0 radical (unpaired) electrons. The van der Waals surface area contributed by atoms with Crippen molar-refractivity contribution < 1.29 is 32.4 Å². The van der Waals surface area contributed by atoms with Gasteiger partial charge in [0.1, 0.15) is 11.2 Å². The number of carbonyl (C=O) groups excluding carboxylic acids is 1. The Labute approximate surface area is 189 Å². The summed E-state index contributed by atoms with van der Waals surface area (Å²) in [5.41, 5.74) is -4.32. The number of carbonyl (C=O) groups is 1. The van der Waals surface area contributed by atoms with Gasteiger partial charge in [-0.15, -0.1) is 11.8 Å². The van der Waals surface area contributed by atoms with Crippen molar-refractivity contribution in [3.05, 3.63) is 58.1 Å². The molecule has 2 rings (SSSR count). The van der Waals surface area contributed by atoms with Gasteiger partial charge < -0.3 is 10.4 Å². The number of thioether (sulfide) groups is 1. The lowest BCUT2D eigenvalue weighted by atomic mass is 10.1. The number of aliphatic imine (C=N–C) groups is 1. The van der Waals surface area contributed by atoms with Crippen LogP contribution in [0.5, 0.6) is 0 Å². The number of nitro benzene ring substituents is 1. The molecule has 2 aromatic rings. The Kier molecular flexibility index (Phi) is 9.91. The van der Waals surface area contributed by atoms with Crippen LogP contribution in [0.4, 0.5) is 34.6 Å². The molecule has 0 aromatic heterocycles. The topological polar surface area (TPSA) is 105 Å². The Bertz CT molecular complexity index is 1010. The lowest BCUT2D eigenvalue weighted by Gasteiger charge is -2.22. The maximum atomic E-state index is 13.1. The van der Waals surface area contributed by atoms with Crippen LogP contribution >= 0.6 is 24.0 Å². The number of alkyl halides is 4. The highest BCUT2D eigenvalue weighted by Crippen LogP contribution is 2.37. The Morgan fingerprint density at radius 3 is 2.34 bits per heavy atom. The molecule has 2 N–H and O–H groups in total. The zero-order valence-electron chi connectivity index (χ0n) is 16.6. The van der Waals surface area contributed by atoms with Crippen molar-refractivity contribution in [2.75, 3.05) is 18.2 Å². The molecule has 0 saturated heterocycles. The molecule has 32 heavy (non-hydrogen) atoms. The summed E-state index contributed by atoms with van der Waals surface area (Å²) in [5, 5.41) is 25.6. The molecule has 0 fully saturated rings. The van der Waals surface area contributed by atoms with Crippen LogP contribution in [0.25, 0.3) is 0 Å². The van der Waals surface area contributed by atoms with E-state index in [1.54, 1.807) is 24.3 Å². The summed E-state index contributed by atoms with van der Waals surface area (Å²) >= 11 is 5.64. The molecule has 0 saturated carbocycles. The average Bonchev–Trinajstić information content (AvgIpc) is 2.74. The van der Waals surface area contributed by atoms with Gasteiger partial charge in [0, 0.05) is 22.4 Å². The van der Waals surface area contributed by atoms with E-state index in [0.717, 1.165) is 17.8 Å². The molecule has 2 aromatic carbocycles. The second kappa shape index (κ2) is 11.7. The number of nitrogens with zero attached hydrogens (tertiary/aromatic N) is 2. The van der Waals surface area contributed by atoms with Gasteiger partial charge in [-0.2, -0.15) is 18.2 Å². The lowest BCUT2D eigenvalue weighted by molar-refractivity contribution is -0.388. The van der Waals surface area contributed by atoms with E-state index < -0.39 is 33.9 Å². The van der Waals surface area contributed by atoms with Crippen LogP contribution in [0.2, 0.25) is 0 Å². The summed E-state index contributed by atoms with van der Waals surface area (Å²) in [7, 11) is 0.500. The van der Waals surface area contributed by atoms with E-state index in [9.17, 15) is 37.6 Å². The van der Waals surface area contributed by atoms with Gasteiger partial charge in [-0.3, -0.25) is 19.3 Å². The Morgan fingerprint density at radius 2 is 1.84 bits per heavy atom. The third kappa shape index (κ3) is 7.68. The second-order valence-corrected chi connectivity index (χ2v) is 7.43. The number of nitrogens with one attached hydrogen (secondary N) is 1. The standard InChI is InChI=1S/C18H14F3N3O4S2.CH3F/c1-17(26,9-30-13-5-2-11(3-6-13)22-10-29)16(25)23-12-4-7-15(24(27)28)14(8-12)18(19,20)21;1-2/h2-8,26H,9H2,1H3,(H,23,25);1H3/t17-;/m1./s1. The van der Waals surface area contributed by atoms with Crippen LogP contribution < -0.4 is 5.32 Å². The average molecular weight is 491 g/mol. The van der Waals surface area contributed by atoms with Gasteiger partial charge in [0.15, 0.2) is 0 Å². The van der Waals surface area contributed by atoms with E-state index in [4.69, 9.17) is 0 Å². The summed E-state index contributed by atoms with van der Waals surface area (Å²) in [4.78, 5) is 26.5. The van der Waals surface area contributed by atoms with Gasteiger partial charge in [-0.25, -0.2) is 0 Å². The van der Waals surface area contributed by atoms with Crippen LogP contribution in [-0.2, 0) is 11.0 Å². The van der Waals surface area contributed by atoms with Crippen LogP contribution in [-0.4, -0.2) is 39.6 Å². The largest absolute Gasteiger partial charge is 0.423 e. The first-order valence-electron chi connectivity index (χ1n) is 8.52. The minimum absolute atomic E-state index is 0.103. The number of anilines is 1. The Balaban J connectivity index is 0.00000249. The van der Waals surface area contributed by atoms with E-state index in [1.165, 1.54) is 6.92 Å². The molecule has 0 aliphatic carbocycles. The summed E-state index contributed by atoms with van der Waals surface area (Å²) in [5.74, 6) is -1.06. The number of nitro groups is 1. The lowest BCUT2D eigenvalue weighted by Crippen LogP contribution is -2.42. The van der Waals surface area contributed by atoms with E-state index >= 15 is 0 Å². The first-order chi connectivity index (χ1) is 14.9. The van der Waals surface area contributed by atoms with E-state index in [-0.39, 0.29) is 11.4 Å². The van der Waals surface area contributed by atoms with Gasteiger partial charge in [0.25, 0.3) is 11.6 Å². The normalized spacial score (nSPS) is 12.5. The van der Waals surface area contributed by atoms with E-state index in [1.807, 2.05) is 0 Å². The van der Waals surface area contributed by atoms with Crippen molar-refractivity contribution in [3.63, 3.8) is 0 Å². The SMILES string of the molecule is CF.C[C@@](O)(CSc1ccc(N=C=S)cc1)C(=O)Nc1ccc([N+](=O)[O-])c(C(F)(F)F)c1. The number of benzene rings is 2. The highest BCUT2D eigenvalue weighted by atomic mass is 32.2. The van der Waals surface area contributed by atoms with E-state index in [0.29, 0.717) is 29.9 Å². The molecule has 1 atom stereocenters. The molecule has 13 heteroatoms. The number of halogens is 4. The Morgan fingerprint density at radius 1 is 1.25 bits per heavy atom. The maximum Gasteiger partial charge on any atom is 0.423 e. The molecule has 1 amide bonds. The second-order valence-electron chi connectivity index (χ2n) is 6.20. The highest BCUT2D eigenvalue weighted by Gasteiger charge is 2.39. The zero-order chi connectivity index (χ0) is 24.5. The molecule has 0 heterocycles. The third-order valence-electron chi connectivity index (χ3n) is 3.78. The molecule has 172 valence electrons. The van der Waals surface area contributed by atoms with Crippen LogP contribution in [0.15, 0.2) is 52.4 Å². The number of isothiocyanates is 1. The monoisotopic (exact) mass is 491 g/mol. The van der Waals surface area contributed by atoms with Gasteiger partial charge in [-0.05, 0) is 55.5 Å². The Hall–Kier alpha value is -2.86. The van der Waals surface area contributed by atoms with Crippen molar-refractivity contribution in [1.82, 2.24) is 0 Å². The minimum atomic E-state index is -4.99. The fourth-order valence-corrected chi connectivity index (χ4v) is 3.24. The summed E-state index contributed by atoms with van der Waals surface area (Å²) in [6, 6.07) is 8.76. The van der Waals surface area contributed by atoms with Crippen LogP contribution in [0, 0.1) is 10.1 Å². The number of hydrogen-bond acceptors (Lipinski definition) is 7. The van der Waals surface area contributed by atoms with Gasteiger partial charge in [0.05, 0.1) is 22.9 Å². The summed E-state index contributed by atoms with van der Waals surface area (Å²) < 4.78 is 48.7. The fourth-order valence-electron chi connectivity index (χ4n) is 2.22. The minimum Gasteiger partial charge on any atom is -0.379 e. The predicted molar refractivity (Wildman–Crippen MR) is 116 cm³/mol. The van der Waals surface area contributed by atoms with Gasteiger partial charge >= 0.3 is 6.18 Å². The van der Waals surface area contributed by atoms with E-state index in [2.05, 4.69) is 27.7 Å². The quantitative estimate of drug-likeness (QED) is 0.134. The van der Waals surface area contributed by atoms with Crippen LogP contribution in [0.1, 0.15) is 12.5 Å². The van der Waals surface area contributed by atoms with Gasteiger partial charge in [0.2, 0.25) is 0 Å². The van der Waals surface area contributed by atoms with Gasteiger partial charge in [-0.1, -0.05) is 0 Å². The van der Waals surface area contributed by atoms with Crippen LogP contribution in [0.3, 0.4) is 0 Å². The van der Waals surface area contributed by atoms with Crippen molar-refractivity contribution >= 4 is 52.1 Å². The molecule has 7 nitrogen and oxygen atoms in total. The molecule has 0 unspecified atom stereocenters. The fraction of sp³-hybridized carbons (Fsp3) is 0.263. The molecule has 0 aliphatic heterocycles. The number of rotatable bonds is 7. The molecule has 0 aliphatic rings. The zero-order valence-corrected chi connectivity index (χ0v) is 18.3. The van der Waals surface area contributed by atoms with Crippen molar-refractivity contribution in [2.45, 2.75) is 23.6 Å². The first kappa shape index (κ1) is 27.2. The highest BCUT2D eigenvalue weighted by molar-refractivity contribution is 7.99. The predicted octanol–water partition coefficient (Wildman–Crippen LogP) is 5.42. The van der Waals surface area contributed by atoms with Crippen molar-refractivity contribution in [1.29, 1.82) is 0 Å². The smallest absolute Gasteiger partial charge is 0.379 e. The molecule has 0 bridgehead atoms. The number of hydrogen-bond donors (Lipinski definition) is 2. The first-order valence-corrected chi connectivity index (χ1v) is 9.91.